The molecule has 1 atom stereocenters. The normalized spacial score (nSPS) is 12.7. The standard InChI is InChI=1S/C21H22N2O3S/c1-15-8-10-17(11-9-15)21(24)19-13-12-18(23(19)2)14-20(27(22,25)26)16-6-4-3-5-7-16/h3-13,20H,14H2,1-2H3,(H2,22,25,26). The van der Waals surface area contributed by atoms with Gasteiger partial charge in [0.15, 0.2) is 0 Å². The molecule has 3 rings (SSSR count). The van der Waals surface area contributed by atoms with E-state index in [1.165, 1.54) is 0 Å². The van der Waals surface area contributed by atoms with Crippen LogP contribution in [0.5, 0.6) is 0 Å². The van der Waals surface area contributed by atoms with E-state index in [1.807, 2.05) is 25.1 Å². The average molecular weight is 382 g/mol. The van der Waals surface area contributed by atoms with Gasteiger partial charge in [-0.3, -0.25) is 4.79 Å². The van der Waals surface area contributed by atoms with Crippen LogP contribution in [0.25, 0.3) is 0 Å². The summed E-state index contributed by atoms with van der Waals surface area (Å²) in [5.74, 6) is -0.101. The van der Waals surface area contributed by atoms with Crippen LogP contribution in [-0.4, -0.2) is 18.8 Å². The van der Waals surface area contributed by atoms with Crippen LogP contribution in [0.1, 0.15) is 38.1 Å². The van der Waals surface area contributed by atoms with E-state index in [1.54, 1.807) is 60.1 Å². The third kappa shape index (κ3) is 4.18. The molecule has 1 unspecified atom stereocenters. The second-order valence-corrected chi connectivity index (χ2v) is 8.40. The van der Waals surface area contributed by atoms with E-state index in [-0.39, 0.29) is 12.2 Å². The number of sulfonamides is 1. The Balaban J connectivity index is 1.92. The third-order valence-electron chi connectivity index (χ3n) is 4.73. The number of primary sulfonamides is 1. The highest BCUT2D eigenvalue weighted by atomic mass is 32.2. The zero-order valence-electron chi connectivity index (χ0n) is 15.3. The molecule has 3 aromatic rings. The minimum atomic E-state index is -3.80. The topological polar surface area (TPSA) is 82.2 Å². The molecule has 27 heavy (non-hydrogen) atoms. The third-order valence-corrected chi connectivity index (χ3v) is 5.97. The van der Waals surface area contributed by atoms with E-state index in [4.69, 9.17) is 5.14 Å². The molecule has 1 aromatic heterocycles. The zero-order valence-corrected chi connectivity index (χ0v) is 16.1. The Morgan fingerprint density at radius 1 is 1.00 bits per heavy atom. The fourth-order valence-corrected chi connectivity index (χ4v) is 4.06. The highest BCUT2D eigenvalue weighted by Crippen LogP contribution is 2.26. The van der Waals surface area contributed by atoms with E-state index in [0.29, 0.717) is 16.8 Å². The molecule has 140 valence electrons. The number of carbonyl (C=O) groups is 1. The van der Waals surface area contributed by atoms with Gasteiger partial charge in [-0.2, -0.15) is 0 Å². The lowest BCUT2D eigenvalue weighted by Gasteiger charge is -2.16. The SMILES string of the molecule is Cc1ccc(C(=O)c2ccc(CC(c3ccccc3)S(N)(=O)=O)n2C)cc1. The first-order chi connectivity index (χ1) is 12.8. The summed E-state index contributed by atoms with van der Waals surface area (Å²) >= 11 is 0. The van der Waals surface area contributed by atoms with Crippen molar-refractivity contribution in [3.05, 3.63) is 94.8 Å². The minimum absolute atomic E-state index is 0.101. The van der Waals surface area contributed by atoms with Crippen molar-refractivity contribution < 1.29 is 13.2 Å². The number of nitrogens with zero attached hydrogens (tertiary/aromatic N) is 1. The molecule has 2 N–H and O–H groups in total. The van der Waals surface area contributed by atoms with Gasteiger partial charge in [0.2, 0.25) is 15.8 Å². The van der Waals surface area contributed by atoms with Gasteiger partial charge in [0.05, 0.1) is 5.69 Å². The van der Waals surface area contributed by atoms with Crippen LogP contribution in [0.15, 0.2) is 66.7 Å². The fourth-order valence-electron chi connectivity index (χ4n) is 3.12. The maximum Gasteiger partial charge on any atom is 0.216 e. The molecule has 0 amide bonds. The van der Waals surface area contributed by atoms with Crippen LogP contribution in [0.4, 0.5) is 0 Å². The lowest BCUT2D eigenvalue weighted by molar-refractivity contribution is 0.103. The molecular formula is C21H22N2O3S. The van der Waals surface area contributed by atoms with Crippen LogP contribution < -0.4 is 5.14 Å². The van der Waals surface area contributed by atoms with Crippen molar-refractivity contribution in [2.24, 2.45) is 12.2 Å². The van der Waals surface area contributed by atoms with E-state index in [0.717, 1.165) is 11.3 Å². The Morgan fingerprint density at radius 2 is 1.63 bits per heavy atom. The predicted molar refractivity (Wildman–Crippen MR) is 106 cm³/mol. The van der Waals surface area contributed by atoms with Crippen LogP contribution >= 0.6 is 0 Å². The van der Waals surface area contributed by atoms with Crippen LogP contribution in [0.2, 0.25) is 0 Å². The molecule has 0 fully saturated rings. The van der Waals surface area contributed by atoms with Gasteiger partial charge in [0, 0.05) is 24.7 Å². The molecule has 0 bridgehead atoms. The first-order valence-corrected chi connectivity index (χ1v) is 10.2. The summed E-state index contributed by atoms with van der Waals surface area (Å²) in [5, 5.41) is 4.61. The largest absolute Gasteiger partial charge is 0.345 e. The minimum Gasteiger partial charge on any atom is -0.345 e. The molecule has 0 spiro atoms. The maximum atomic E-state index is 12.8. The van der Waals surface area contributed by atoms with E-state index in [2.05, 4.69) is 0 Å². The van der Waals surface area contributed by atoms with Crippen LogP contribution in [0.3, 0.4) is 0 Å². The van der Waals surface area contributed by atoms with Crippen LogP contribution in [-0.2, 0) is 23.5 Å². The van der Waals surface area contributed by atoms with Gasteiger partial charge in [0.25, 0.3) is 0 Å². The summed E-state index contributed by atoms with van der Waals surface area (Å²) in [6, 6.07) is 19.8. The van der Waals surface area contributed by atoms with E-state index < -0.39 is 15.3 Å². The molecular weight excluding hydrogens is 360 g/mol. The first-order valence-electron chi connectivity index (χ1n) is 8.60. The number of benzene rings is 2. The zero-order chi connectivity index (χ0) is 19.6. The summed E-state index contributed by atoms with van der Waals surface area (Å²) < 4.78 is 26.0. The van der Waals surface area contributed by atoms with Crippen molar-refractivity contribution in [1.29, 1.82) is 0 Å². The van der Waals surface area contributed by atoms with Gasteiger partial charge < -0.3 is 4.57 Å². The molecule has 1 heterocycles. The molecule has 5 nitrogen and oxygen atoms in total. The van der Waals surface area contributed by atoms with Crippen molar-refractivity contribution >= 4 is 15.8 Å². The van der Waals surface area contributed by atoms with E-state index >= 15 is 0 Å². The van der Waals surface area contributed by atoms with Crippen molar-refractivity contribution in [3.8, 4) is 0 Å². The number of rotatable bonds is 6. The van der Waals surface area contributed by atoms with Gasteiger partial charge in [-0.25, -0.2) is 13.6 Å². The summed E-state index contributed by atoms with van der Waals surface area (Å²) in [4.78, 5) is 12.8. The number of aryl methyl sites for hydroxylation is 1. The Morgan fingerprint density at radius 3 is 2.22 bits per heavy atom. The molecule has 0 aliphatic heterocycles. The quantitative estimate of drug-likeness (QED) is 0.665. The molecule has 0 saturated heterocycles. The first kappa shape index (κ1) is 19.1. The molecule has 0 aliphatic rings. The Labute approximate surface area is 159 Å². The lowest BCUT2D eigenvalue weighted by Crippen LogP contribution is -2.24. The number of ketones is 1. The van der Waals surface area contributed by atoms with Crippen molar-refractivity contribution in [2.45, 2.75) is 18.6 Å². The highest BCUT2D eigenvalue weighted by molar-refractivity contribution is 7.89. The monoisotopic (exact) mass is 382 g/mol. The summed E-state index contributed by atoms with van der Waals surface area (Å²) in [5.41, 5.74) is 3.55. The molecule has 2 aromatic carbocycles. The average Bonchev–Trinajstić information content (AvgIpc) is 3.00. The number of aromatic nitrogens is 1. The summed E-state index contributed by atoms with van der Waals surface area (Å²) in [6.07, 6.45) is 0.195. The second-order valence-electron chi connectivity index (χ2n) is 6.66. The Kier molecular flexibility index (Phi) is 5.30. The lowest BCUT2D eigenvalue weighted by atomic mass is 10.1. The molecule has 0 saturated carbocycles. The van der Waals surface area contributed by atoms with Crippen molar-refractivity contribution in [1.82, 2.24) is 4.57 Å². The van der Waals surface area contributed by atoms with Gasteiger partial charge in [0.1, 0.15) is 5.25 Å². The predicted octanol–water partition coefficient (Wildman–Crippen LogP) is 3.14. The number of nitrogens with two attached hydrogens (primary N) is 1. The number of carbonyl (C=O) groups excluding carboxylic acids is 1. The Bertz CT molecular complexity index is 1050. The van der Waals surface area contributed by atoms with E-state index in [9.17, 15) is 13.2 Å². The van der Waals surface area contributed by atoms with Crippen molar-refractivity contribution in [2.75, 3.05) is 0 Å². The molecule has 0 radical (unpaired) electrons. The van der Waals surface area contributed by atoms with Gasteiger partial charge in [-0.1, -0.05) is 60.2 Å². The summed E-state index contributed by atoms with van der Waals surface area (Å²) in [7, 11) is -2.03. The Hall–Kier alpha value is -2.70. The van der Waals surface area contributed by atoms with Gasteiger partial charge in [-0.15, -0.1) is 0 Å². The maximum absolute atomic E-state index is 12.8. The summed E-state index contributed by atoms with van der Waals surface area (Å²) in [6.45, 7) is 1.96. The highest BCUT2D eigenvalue weighted by Gasteiger charge is 2.26. The molecule has 0 aliphatic carbocycles. The van der Waals surface area contributed by atoms with Gasteiger partial charge >= 0.3 is 0 Å². The van der Waals surface area contributed by atoms with Gasteiger partial charge in [-0.05, 0) is 24.6 Å². The fraction of sp³-hybridized carbons (Fsp3) is 0.190. The smallest absolute Gasteiger partial charge is 0.216 e. The molecule has 6 heteroatoms. The number of hydrogen-bond acceptors (Lipinski definition) is 3. The van der Waals surface area contributed by atoms with Crippen molar-refractivity contribution in [3.63, 3.8) is 0 Å². The second kappa shape index (κ2) is 7.50. The number of hydrogen-bond donors (Lipinski definition) is 1. The van der Waals surface area contributed by atoms with Crippen LogP contribution in [0, 0.1) is 6.92 Å².